The molecule has 1 unspecified atom stereocenters. The number of hydrogen-bond acceptors (Lipinski definition) is 6. The minimum absolute atomic E-state index is 0.155. The summed E-state index contributed by atoms with van der Waals surface area (Å²) >= 11 is 7.48. The van der Waals surface area contributed by atoms with Gasteiger partial charge in [0.05, 0.1) is 17.3 Å². The van der Waals surface area contributed by atoms with E-state index in [-0.39, 0.29) is 28.6 Å². The molecule has 1 amide bonds. The van der Waals surface area contributed by atoms with Crippen molar-refractivity contribution in [1.29, 1.82) is 0 Å². The number of amides is 1. The number of halogens is 1. The Morgan fingerprint density at radius 1 is 1.27 bits per heavy atom. The molecule has 1 N–H and O–H groups in total. The molecule has 6 nitrogen and oxygen atoms in total. The highest BCUT2D eigenvalue weighted by Crippen LogP contribution is 2.34. The molecule has 3 rings (SSSR count). The van der Waals surface area contributed by atoms with Gasteiger partial charge in [0, 0.05) is 0 Å². The maximum atomic E-state index is 12.8. The number of nitrogens with zero attached hydrogens (tertiary/aromatic N) is 2. The van der Waals surface area contributed by atoms with E-state index in [4.69, 9.17) is 21.1 Å². The number of thioether (sulfide) groups is 1. The number of fused-ring (bicyclic) bond motifs is 1. The standard InChI is InChI=1S/C18H20ClN3O3S/c1-10(2)15(11-4-5-13-14(8-11)25-7-6-24-13)21-17(23)16-12(19)9-20-18(22-16)26-3/h4-5,8-10,15H,6-7H2,1-3H3,(H,21,23). The van der Waals surface area contributed by atoms with E-state index < -0.39 is 0 Å². The molecule has 1 aromatic heterocycles. The van der Waals surface area contributed by atoms with Gasteiger partial charge < -0.3 is 14.8 Å². The Hall–Kier alpha value is -1.99. The van der Waals surface area contributed by atoms with Crippen LogP contribution < -0.4 is 14.8 Å². The lowest BCUT2D eigenvalue weighted by molar-refractivity contribution is 0.0919. The molecule has 2 heterocycles. The smallest absolute Gasteiger partial charge is 0.272 e. The van der Waals surface area contributed by atoms with Crippen molar-refractivity contribution < 1.29 is 14.3 Å². The van der Waals surface area contributed by atoms with Crippen LogP contribution in [0.2, 0.25) is 5.02 Å². The first-order valence-electron chi connectivity index (χ1n) is 8.26. The van der Waals surface area contributed by atoms with Gasteiger partial charge in [-0.25, -0.2) is 9.97 Å². The summed E-state index contributed by atoms with van der Waals surface area (Å²) in [5.74, 6) is 1.24. The zero-order valence-corrected chi connectivity index (χ0v) is 16.4. The molecule has 0 fully saturated rings. The number of hydrogen-bond donors (Lipinski definition) is 1. The summed E-state index contributed by atoms with van der Waals surface area (Å²) in [6, 6.07) is 5.50. The van der Waals surface area contributed by atoms with E-state index in [1.807, 2.05) is 38.3 Å². The van der Waals surface area contributed by atoms with Gasteiger partial charge in [-0.2, -0.15) is 0 Å². The molecule has 1 aliphatic heterocycles. The number of aromatic nitrogens is 2. The molecule has 0 saturated heterocycles. The van der Waals surface area contributed by atoms with Gasteiger partial charge >= 0.3 is 0 Å². The first-order valence-corrected chi connectivity index (χ1v) is 9.86. The first kappa shape index (κ1) is 18.8. The van der Waals surface area contributed by atoms with Gasteiger partial charge in [0.15, 0.2) is 22.3 Å². The van der Waals surface area contributed by atoms with Gasteiger partial charge in [-0.15, -0.1) is 0 Å². The van der Waals surface area contributed by atoms with E-state index >= 15 is 0 Å². The van der Waals surface area contributed by atoms with Gasteiger partial charge in [0.2, 0.25) is 0 Å². The highest BCUT2D eigenvalue weighted by molar-refractivity contribution is 7.98. The zero-order chi connectivity index (χ0) is 18.7. The van der Waals surface area contributed by atoms with Gasteiger partial charge in [0.1, 0.15) is 13.2 Å². The third kappa shape index (κ3) is 4.04. The summed E-state index contributed by atoms with van der Waals surface area (Å²) in [4.78, 5) is 21.1. The zero-order valence-electron chi connectivity index (χ0n) is 14.8. The number of carbonyl (C=O) groups excluding carboxylic acids is 1. The molecule has 1 atom stereocenters. The molecule has 0 saturated carbocycles. The maximum Gasteiger partial charge on any atom is 0.272 e. The average Bonchev–Trinajstić information content (AvgIpc) is 2.65. The van der Waals surface area contributed by atoms with Gasteiger partial charge in [-0.1, -0.05) is 43.3 Å². The van der Waals surface area contributed by atoms with Crippen LogP contribution in [-0.2, 0) is 0 Å². The van der Waals surface area contributed by atoms with Gasteiger partial charge in [-0.05, 0) is 29.9 Å². The third-order valence-corrected chi connectivity index (χ3v) is 4.84. The van der Waals surface area contributed by atoms with Crippen LogP contribution in [-0.4, -0.2) is 35.3 Å². The van der Waals surface area contributed by atoms with E-state index in [9.17, 15) is 4.79 Å². The molecule has 1 aromatic carbocycles. The molecule has 2 aromatic rings. The summed E-state index contributed by atoms with van der Waals surface area (Å²) in [6.45, 7) is 5.14. The van der Waals surface area contributed by atoms with Crippen molar-refractivity contribution in [2.45, 2.75) is 25.0 Å². The molecule has 138 valence electrons. The molecular formula is C18H20ClN3O3S. The summed E-state index contributed by atoms with van der Waals surface area (Å²) < 4.78 is 11.2. The lowest BCUT2D eigenvalue weighted by Gasteiger charge is -2.25. The van der Waals surface area contributed by atoms with Crippen LogP contribution in [0.4, 0.5) is 0 Å². The van der Waals surface area contributed by atoms with Crippen molar-refractivity contribution >= 4 is 29.3 Å². The molecule has 26 heavy (non-hydrogen) atoms. The minimum atomic E-state index is -0.332. The largest absolute Gasteiger partial charge is 0.486 e. The minimum Gasteiger partial charge on any atom is -0.486 e. The molecule has 0 aliphatic carbocycles. The second kappa shape index (κ2) is 8.14. The van der Waals surface area contributed by atoms with Crippen molar-refractivity contribution in [3.05, 3.63) is 40.7 Å². The lowest BCUT2D eigenvalue weighted by atomic mass is 9.95. The van der Waals surface area contributed by atoms with E-state index in [1.54, 1.807) is 0 Å². The quantitative estimate of drug-likeness (QED) is 0.616. The van der Waals surface area contributed by atoms with Crippen LogP contribution >= 0.6 is 23.4 Å². The van der Waals surface area contributed by atoms with Crippen LogP contribution in [0.25, 0.3) is 0 Å². The summed E-state index contributed by atoms with van der Waals surface area (Å²) in [5.41, 5.74) is 1.11. The van der Waals surface area contributed by atoms with Crippen LogP contribution in [0.15, 0.2) is 29.6 Å². The van der Waals surface area contributed by atoms with Gasteiger partial charge in [-0.3, -0.25) is 4.79 Å². The fourth-order valence-corrected chi connectivity index (χ4v) is 3.22. The van der Waals surface area contributed by atoms with Crippen LogP contribution in [0.1, 0.15) is 35.9 Å². The van der Waals surface area contributed by atoms with E-state index in [0.29, 0.717) is 24.1 Å². The molecule has 0 spiro atoms. The second-order valence-electron chi connectivity index (χ2n) is 6.15. The van der Waals surface area contributed by atoms with Crippen molar-refractivity contribution in [2.24, 2.45) is 5.92 Å². The molecule has 8 heteroatoms. The normalized spacial score (nSPS) is 14.2. The van der Waals surface area contributed by atoms with Crippen molar-refractivity contribution in [1.82, 2.24) is 15.3 Å². The Bertz CT molecular complexity index is 816. The van der Waals surface area contributed by atoms with Crippen LogP contribution in [0.3, 0.4) is 0 Å². The maximum absolute atomic E-state index is 12.8. The lowest BCUT2D eigenvalue weighted by Crippen LogP contribution is -2.32. The second-order valence-corrected chi connectivity index (χ2v) is 7.33. The Morgan fingerprint density at radius 3 is 2.69 bits per heavy atom. The first-order chi connectivity index (χ1) is 12.5. The fourth-order valence-electron chi connectivity index (χ4n) is 2.71. The number of ether oxygens (including phenoxy) is 2. The Morgan fingerprint density at radius 2 is 2.00 bits per heavy atom. The highest BCUT2D eigenvalue weighted by atomic mass is 35.5. The number of nitrogens with one attached hydrogen (secondary N) is 1. The predicted octanol–water partition coefficient (Wildman–Crippen LogP) is 3.75. The average molecular weight is 394 g/mol. The summed E-state index contributed by atoms with van der Waals surface area (Å²) in [6.07, 6.45) is 3.29. The van der Waals surface area contributed by atoms with E-state index in [1.165, 1.54) is 18.0 Å². The molecular weight excluding hydrogens is 374 g/mol. The monoisotopic (exact) mass is 393 g/mol. The number of benzene rings is 1. The Labute approximate surface area is 161 Å². The molecule has 1 aliphatic rings. The number of carbonyl (C=O) groups is 1. The van der Waals surface area contributed by atoms with Gasteiger partial charge in [0.25, 0.3) is 5.91 Å². The number of rotatable bonds is 5. The topological polar surface area (TPSA) is 73.3 Å². The van der Waals surface area contributed by atoms with Crippen LogP contribution in [0.5, 0.6) is 11.5 Å². The predicted molar refractivity (Wildman–Crippen MR) is 101 cm³/mol. The third-order valence-electron chi connectivity index (χ3n) is 4.00. The molecule has 0 bridgehead atoms. The van der Waals surface area contributed by atoms with Crippen LogP contribution in [0, 0.1) is 5.92 Å². The van der Waals surface area contributed by atoms with E-state index in [0.717, 1.165) is 11.3 Å². The summed E-state index contributed by atoms with van der Waals surface area (Å²) in [5, 5.41) is 3.76. The van der Waals surface area contributed by atoms with E-state index in [2.05, 4.69) is 15.3 Å². The summed E-state index contributed by atoms with van der Waals surface area (Å²) in [7, 11) is 0. The Kier molecular flexibility index (Phi) is 5.88. The van der Waals surface area contributed by atoms with Crippen molar-refractivity contribution in [3.63, 3.8) is 0 Å². The molecule has 0 radical (unpaired) electrons. The SMILES string of the molecule is CSc1ncc(Cl)c(C(=O)NC(c2ccc3c(c2)OCCO3)C(C)C)n1. The fraction of sp³-hybridized carbons (Fsp3) is 0.389. The van der Waals surface area contributed by atoms with Crippen molar-refractivity contribution in [3.8, 4) is 11.5 Å². The van der Waals surface area contributed by atoms with Crippen molar-refractivity contribution in [2.75, 3.05) is 19.5 Å². The Balaban J connectivity index is 1.86. The highest BCUT2D eigenvalue weighted by Gasteiger charge is 2.24.